The SMILES string of the molecule is COC1=NCc2cc(CC(=O)N[C@@H](c3ccc(F)cc3)C(C)(C)O)nc(CO)c21. The minimum atomic E-state index is -1.27. The van der Waals surface area contributed by atoms with Gasteiger partial charge in [-0.3, -0.25) is 9.78 Å². The molecule has 1 aromatic heterocycles. The van der Waals surface area contributed by atoms with Crippen molar-refractivity contribution >= 4 is 11.8 Å². The van der Waals surface area contributed by atoms with Crippen molar-refractivity contribution < 1.29 is 24.1 Å². The van der Waals surface area contributed by atoms with Crippen molar-refractivity contribution in [3.05, 3.63) is 64.2 Å². The molecule has 3 rings (SSSR count). The lowest BCUT2D eigenvalue weighted by atomic mass is 9.91. The van der Waals surface area contributed by atoms with E-state index in [1.54, 1.807) is 19.9 Å². The van der Waals surface area contributed by atoms with Crippen LogP contribution in [0.3, 0.4) is 0 Å². The minimum Gasteiger partial charge on any atom is -0.481 e. The molecular weight excluding hydrogens is 377 g/mol. The second-order valence-electron chi connectivity index (χ2n) is 7.46. The Morgan fingerprint density at radius 3 is 2.62 bits per heavy atom. The molecule has 0 spiro atoms. The molecule has 0 unspecified atom stereocenters. The molecule has 0 fully saturated rings. The van der Waals surface area contributed by atoms with Gasteiger partial charge in [0.05, 0.1) is 55.3 Å². The van der Waals surface area contributed by atoms with Gasteiger partial charge in [-0.15, -0.1) is 0 Å². The molecule has 0 saturated heterocycles. The maximum Gasteiger partial charge on any atom is 0.226 e. The number of fused-ring (bicyclic) bond motifs is 1. The van der Waals surface area contributed by atoms with Crippen molar-refractivity contribution in [2.45, 2.75) is 45.1 Å². The van der Waals surface area contributed by atoms with Crippen LogP contribution < -0.4 is 5.32 Å². The monoisotopic (exact) mass is 401 g/mol. The van der Waals surface area contributed by atoms with Crippen LogP contribution in [-0.2, 0) is 29.1 Å². The quantitative estimate of drug-likeness (QED) is 0.685. The Morgan fingerprint density at radius 1 is 1.34 bits per heavy atom. The molecule has 1 aromatic carbocycles. The number of methoxy groups -OCH3 is 1. The number of aliphatic imine (C=N–C) groups is 1. The first-order valence-corrected chi connectivity index (χ1v) is 9.21. The van der Waals surface area contributed by atoms with Gasteiger partial charge >= 0.3 is 0 Å². The van der Waals surface area contributed by atoms with E-state index >= 15 is 0 Å². The molecule has 154 valence electrons. The number of nitrogens with zero attached hydrogens (tertiary/aromatic N) is 2. The molecule has 2 heterocycles. The third kappa shape index (κ3) is 4.60. The van der Waals surface area contributed by atoms with Crippen LogP contribution in [0.5, 0.6) is 0 Å². The van der Waals surface area contributed by atoms with E-state index in [4.69, 9.17) is 4.74 Å². The lowest BCUT2D eigenvalue weighted by Crippen LogP contribution is -2.42. The van der Waals surface area contributed by atoms with Gasteiger partial charge in [0.1, 0.15) is 5.82 Å². The number of hydrogen-bond acceptors (Lipinski definition) is 6. The normalized spacial score (nSPS) is 14.2. The fraction of sp³-hybridized carbons (Fsp3) is 0.381. The average Bonchev–Trinajstić information content (AvgIpc) is 3.08. The zero-order valence-electron chi connectivity index (χ0n) is 16.6. The zero-order valence-corrected chi connectivity index (χ0v) is 16.6. The molecule has 0 aliphatic carbocycles. The number of pyridine rings is 1. The molecule has 0 bridgehead atoms. The Morgan fingerprint density at radius 2 is 2.03 bits per heavy atom. The summed E-state index contributed by atoms with van der Waals surface area (Å²) in [5.41, 5.74) is 1.70. The van der Waals surface area contributed by atoms with E-state index in [0.29, 0.717) is 35.0 Å². The number of amides is 1. The first kappa shape index (κ1) is 20.9. The molecule has 1 aliphatic rings. The number of aliphatic hydroxyl groups excluding tert-OH is 1. The first-order chi connectivity index (χ1) is 13.7. The van der Waals surface area contributed by atoms with Crippen LogP contribution in [0.1, 0.15) is 48.0 Å². The first-order valence-electron chi connectivity index (χ1n) is 9.21. The summed E-state index contributed by atoms with van der Waals surface area (Å²) in [6, 6.07) is 6.65. The fourth-order valence-electron chi connectivity index (χ4n) is 3.41. The maximum atomic E-state index is 13.2. The van der Waals surface area contributed by atoms with Crippen LogP contribution in [-0.4, -0.2) is 39.7 Å². The summed E-state index contributed by atoms with van der Waals surface area (Å²) in [7, 11) is 1.50. The average molecular weight is 401 g/mol. The van der Waals surface area contributed by atoms with Crippen molar-refractivity contribution in [3.63, 3.8) is 0 Å². The highest BCUT2D eigenvalue weighted by Crippen LogP contribution is 2.27. The fourth-order valence-corrected chi connectivity index (χ4v) is 3.41. The van der Waals surface area contributed by atoms with Gasteiger partial charge in [-0.1, -0.05) is 12.1 Å². The van der Waals surface area contributed by atoms with Crippen LogP contribution in [0, 0.1) is 5.82 Å². The summed E-state index contributed by atoms with van der Waals surface area (Å²) >= 11 is 0. The predicted octanol–water partition coefficient (Wildman–Crippen LogP) is 1.79. The number of carbonyl (C=O) groups excluding carboxylic acids is 1. The standard InChI is InChI=1S/C21H24FN3O4/c1-21(2,28)19(12-4-6-14(22)7-5-12)25-17(27)9-15-8-13-10-23-20(29-3)18(13)16(11-26)24-15/h4-8,19,26,28H,9-11H2,1-3H3,(H,25,27)/t19-/m0/s1. The number of ether oxygens (including phenoxy) is 1. The van der Waals surface area contributed by atoms with E-state index in [0.717, 1.165) is 5.56 Å². The lowest BCUT2D eigenvalue weighted by Gasteiger charge is -2.30. The summed E-state index contributed by atoms with van der Waals surface area (Å²) < 4.78 is 18.4. The van der Waals surface area contributed by atoms with Crippen molar-refractivity contribution in [2.24, 2.45) is 4.99 Å². The van der Waals surface area contributed by atoms with Gasteiger partial charge in [0.2, 0.25) is 11.8 Å². The zero-order chi connectivity index (χ0) is 21.2. The molecule has 1 aliphatic heterocycles. The van der Waals surface area contributed by atoms with Crippen LogP contribution in [0.25, 0.3) is 0 Å². The molecule has 1 amide bonds. The smallest absolute Gasteiger partial charge is 0.226 e. The van der Waals surface area contributed by atoms with Gasteiger partial charge < -0.3 is 20.3 Å². The summed E-state index contributed by atoms with van der Waals surface area (Å²) in [5.74, 6) is -0.333. The largest absolute Gasteiger partial charge is 0.481 e. The van der Waals surface area contributed by atoms with E-state index in [-0.39, 0.29) is 18.9 Å². The molecule has 7 nitrogen and oxygen atoms in total. The van der Waals surface area contributed by atoms with E-state index in [2.05, 4.69) is 15.3 Å². The third-order valence-corrected chi connectivity index (χ3v) is 4.74. The predicted molar refractivity (Wildman–Crippen MR) is 105 cm³/mol. The number of aromatic nitrogens is 1. The van der Waals surface area contributed by atoms with E-state index in [9.17, 15) is 19.4 Å². The second-order valence-corrected chi connectivity index (χ2v) is 7.46. The highest BCUT2D eigenvalue weighted by atomic mass is 19.1. The van der Waals surface area contributed by atoms with Crippen molar-refractivity contribution in [3.8, 4) is 0 Å². The Kier molecular flexibility index (Phi) is 5.95. The van der Waals surface area contributed by atoms with Crippen LogP contribution in [0.4, 0.5) is 4.39 Å². The molecule has 1 atom stereocenters. The van der Waals surface area contributed by atoms with Gasteiger partial charge in [-0.25, -0.2) is 9.38 Å². The van der Waals surface area contributed by atoms with Gasteiger partial charge in [0.15, 0.2) is 0 Å². The highest BCUT2D eigenvalue weighted by Gasteiger charge is 2.30. The van der Waals surface area contributed by atoms with E-state index in [1.165, 1.54) is 31.4 Å². The second kappa shape index (κ2) is 8.26. The van der Waals surface area contributed by atoms with Crippen LogP contribution in [0.15, 0.2) is 35.3 Å². The number of hydrogen-bond donors (Lipinski definition) is 3. The Labute approximate surface area is 168 Å². The van der Waals surface area contributed by atoms with Gasteiger partial charge in [-0.05, 0) is 43.2 Å². The van der Waals surface area contributed by atoms with Crippen molar-refractivity contribution in [1.29, 1.82) is 0 Å². The highest BCUT2D eigenvalue weighted by molar-refractivity contribution is 5.98. The molecule has 0 saturated carbocycles. The molecule has 29 heavy (non-hydrogen) atoms. The molecule has 0 radical (unpaired) electrons. The van der Waals surface area contributed by atoms with Crippen LogP contribution in [0.2, 0.25) is 0 Å². The van der Waals surface area contributed by atoms with Crippen molar-refractivity contribution in [2.75, 3.05) is 7.11 Å². The van der Waals surface area contributed by atoms with E-state index in [1.807, 2.05) is 0 Å². The number of benzene rings is 1. The maximum absolute atomic E-state index is 13.2. The van der Waals surface area contributed by atoms with Crippen LogP contribution >= 0.6 is 0 Å². The Hall–Kier alpha value is -2.84. The third-order valence-electron chi connectivity index (χ3n) is 4.74. The molecular formula is C21H24FN3O4. The summed E-state index contributed by atoms with van der Waals surface area (Å²) in [6.45, 7) is 3.23. The van der Waals surface area contributed by atoms with Gasteiger partial charge in [-0.2, -0.15) is 0 Å². The minimum absolute atomic E-state index is 0.0453. The summed E-state index contributed by atoms with van der Waals surface area (Å²) in [5, 5.41) is 23.0. The van der Waals surface area contributed by atoms with Crippen molar-refractivity contribution in [1.82, 2.24) is 10.3 Å². The number of nitrogens with one attached hydrogen (secondary N) is 1. The van der Waals surface area contributed by atoms with Gasteiger partial charge in [0, 0.05) is 0 Å². The van der Waals surface area contributed by atoms with E-state index < -0.39 is 17.5 Å². The number of aliphatic hydroxyl groups is 2. The summed E-state index contributed by atoms with van der Waals surface area (Å²) in [4.78, 5) is 21.3. The lowest BCUT2D eigenvalue weighted by molar-refractivity contribution is -0.123. The molecule has 2 aromatic rings. The number of carbonyl (C=O) groups is 1. The number of rotatable bonds is 6. The topological polar surface area (TPSA) is 104 Å². The van der Waals surface area contributed by atoms with Gasteiger partial charge in [0.25, 0.3) is 0 Å². The Balaban J connectivity index is 1.80. The Bertz CT molecular complexity index is 936. The molecule has 8 heteroatoms. The molecule has 3 N–H and O–H groups in total. The number of halogens is 1. The summed E-state index contributed by atoms with van der Waals surface area (Å²) in [6.07, 6.45) is -0.0453.